The summed E-state index contributed by atoms with van der Waals surface area (Å²) in [6, 6.07) is 7.03. The summed E-state index contributed by atoms with van der Waals surface area (Å²) in [4.78, 5) is 23.3. The van der Waals surface area contributed by atoms with Crippen molar-refractivity contribution < 1.29 is 27.4 Å². The molecule has 7 nitrogen and oxygen atoms in total. The van der Waals surface area contributed by atoms with Crippen molar-refractivity contribution in [1.29, 1.82) is 0 Å². The molecule has 3 aromatic rings. The molecule has 4 rings (SSSR count). The van der Waals surface area contributed by atoms with Crippen molar-refractivity contribution in [3.8, 4) is 0 Å². The number of ether oxygens (including phenoxy) is 2. The molecule has 1 atom stereocenters. The number of amides is 1. The quantitative estimate of drug-likeness (QED) is 0.599. The molecule has 3 heterocycles. The van der Waals surface area contributed by atoms with Gasteiger partial charge >= 0.3 is 6.18 Å². The summed E-state index contributed by atoms with van der Waals surface area (Å²) in [5.41, 5.74) is 8.33. The van der Waals surface area contributed by atoms with Crippen molar-refractivity contribution >= 4 is 22.6 Å². The number of anilines is 1. The minimum Gasteiger partial charge on any atom is -0.383 e. The van der Waals surface area contributed by atoms with Crippen molar-refractivity contribution in [2.45, 2.75) is 38.9 Å². The minimum atomic E-state index is -4.48. The monoisotopic (exact) mass is 460 g/mol. The van der Waals surface area contributed by atoms with Crippen LogP contribution in [0.5, 0.6) is 0 Å². The number of alkyl halides is 3. The Bertz CT molecular complexity index is 1180. The zero-order valence-electron chi connectivity index (χ0n) is 18.1. The molecule has 0 fully saturated rings. The maximum atomic E-state index is 13.5. The van der Waals surface area contributed by atoms with Crippen molar-refractivity contribution in [2.75, 3.05) is 19.5 Å². The first-order valence-electron chi connectivity index (χ1n) is 10.3. The minimum absolute atomic E-state index is 0.0285. The number of nitrogens with two attached hydrogens (primary N) is 1. The van der Waals surface area contributed by atoms with Gasteiger partial charge in [0.05, 0.1) is 49.2 Å². The molecule has 33 heavy (non-hydrogen) atoms. The van der Waals surface area contributed by atoms with Gasteiger partial charge in [-0.1, -0.05) is 0 Å². The average Bonchev–Trinajstić information content (AvgIpc) is 3.28. The number of nitrogen functional groups attached to an aromatic ring is 1. The summed E-state index contributed by atoms with van der Waals surface area (Å²) in [6.07, 6.45) is -3.70. The molecule has 0 aliphatic carbocycles. The zero-order valence-corrected chi connectivity index (χ0v) is 18.1. The van der Waals surface area contributed by atoms with Gasteiger partial charge in [-0.05, 0) is 42.8 Å². The molecule has 174 valence electrons. The van der Waals surface area contributed by atoms with Gasteiger partial charge in [-0.25, -0.2) is 4.98 Å². The summed E-state index contributed by atoms with van der Waals surface area (Å²) >= 11 is 0. The largest absolute Gasteiger partial charge is 0.417 e. The average molecular weight is 460 g/mol. The Balaban J connectivity index is 1.67. The number of fused-ring (bicyclic) bond motifs is 3. The van der Waals surface area contributed by atoms with E-state index in [4.69, 9.17) is 15.2 Å². The van der Waals surface area contributed by atoms with Gasteiger partial charge in [0.15, 0.2) is 0 Å². The number of pyridine rings is 2. The van der Waals surface area contributed by atoms with Crippen molar-refractivity contribution in [1.82, 2.24) is 14.9 Å². The van der Waals surface area contributed by atoms with E-state index in [1.165, 1.54) is 18.1 Å². The van der Waals surface area contributed by atoms with E-state index in [1.807, 2.05) is 0 Å². The fourth-order valence-corrected chi connectivity index (χ4v) is 3.89. The molecule has 0 bridgehead atoms. The number of benzene rings is 1. The standard InChI is InChI=1S/C23H23F3N4O3/c1-13(10-32-2)30(9-16-5-4-15(8-28-16)23(24,25)26)22(31)14-3-6-20-17(7-14)18-11-33-12-19(18)21(27)29-20/h3-8,13H,9-12H2,1-2H3,(H2,27,29)/t13-/m1/s1. The van der Waals surface area contributed by atoms with E-state index in [9.17, 15) is 18.0 Å². The third kappa shape index (κ3) is 4.62. The Morgan fingerprint density at radius 3 is 2.67 bits per heavy atom. The van der Waals surface area contributed by atoms with Crippen LogP contribution in [0.4, 0.5) is 19.0 Å². The fraction of sp³-hybridized carbons (Fsp3) is 0.348. The van der Waals surface area contributed by atoms with Gasteiger partial charge in [-0.3, -0.25) is 9.78 Å². The van der Waals surface area contributed by atoms with Gasteiger partial charge in [0.25, 0.3) is 5.91 Å². The van der Waals surface area contributed by atoms with Crippen LogP contribution in [0.15, 0.2) is 36.5 Å². The molecule has 10 heteroatoms. The van der Waals surface area contributed by atoms with E-state index in [0.29, 0.717) is 35.8 Å². The number of nitrogens with zero attached hydrogens (tertiary/aromatic N) is 3. The summed E-state index contributed by atoms with van der Waals surface area (Å²) in [5, 5.41) is 0.787. The van der Waals surface area contributed by atoms with Crippen LogP contribution in [0.25, 0.3) is 10.9 Å². The van der Waals surface area contributed by atoms with Gasteiger partial charge in [0.2, 0.25) is 0 Å². The molecule has 1 amide bonds. The van der Waals surface area contributed by atoms with Crippen LogP contribution in [0.3, 0.4) is 0 Å². The van der Waals surface area contributed by atoms with E-state index >= 15 is 0 Å². The SMILES string of the molecule is COC[C@@H](C)N(Cc1ccc(C(F)(F)F)cn1)C(=O)c1ccc2nc(N)c3c(c2c1)COC3. The summed E-state index contributed by atoms with van der Waals surface area (Å²) < 4.78 is 49.3. The highest BCUT2D eigenvalue weighted by Gasteiger charge is 2.31. The first-order valence-corrected chi connectivity index (χ1v) is 10.3. The van der Waals surface area contributed by atoms with Crippen molar-refractivity contribution in [3.05, 3.63) is 64.5 Å². The lowest BCUT2D eigenvalue weighted by Gasteiger charge is -2.29. The van der Waals surface area contributed by atoms with Crippen LogP contribution in [0, 0.1) is 0 Å². The molecule has 2 aromatic heterocycles. The number of methoxy groups -OCH3 is 1. The van der Waals surface area contributed by atoms with Gasteiger partial charge in [0.1, 0.15) is 5.82 Å². The summed E-state index contributed by atoms with van der Waals surface area (Å²) in [7, 11) is 1.52. The molecule has 1 aliphatic heterocycles. The van der Waals surface area contributed by atoms with E-state index in [0.717, 1.165) is 28.8 Å². The fourth-order valence-electron chi connectivity index (χ4n) is 3.89. The van der Waals surface area contributed by atoms with E-state index in [1.54, 1.807) is 25.1 Å². The Morgan fingerprint density at radius 2 is 2.00 bits per heavy atom. The Morgan fingerprint density at radius 1 is 1.24 bits per heavy atom. The number of rotatable bonds is 6. The Kier molecular flexibility index (Phi) is 6.22. The molecule has 1 aliphatic rings. The second-order valence-corrected chi connectivity index (χ2v) is 7.95. The van der Waals surface area contributed by atoms with Crippen molar-refractivity contribution in [3.63, 3.8) is 0 Å². The zero-order chi connectivity index (χ0) is 23.8. The summed E-state index contributed by atoms with van der Waals surface area (Å²) in [6.45, 7) is 2.84. The van der Waals surface area contributed by atoms with Gasteiger partial charge < -0.3 is 20.1 Å². The molecular formula is C23H23F3N4O3. The molecule has 0 radical (unpaired) electrons. The van der Waals surface area contributed by atoms with Crippen molar-refractivity contribution in [2.24, 2.45) is 0 Å². The third-order valence-corrected chi connectivity index (χ3v) is 5.66. The lowest BCUT2D eigenvalue weighted by atomic mass is 10.0. The molecule has 1 aromatic carbocycles. The first-order chi connectivity index (χ1) is 15.7. The number of hydrogen-bond donors (Lipinski definition) is 1. The van der Waals surface area contributed by atoms with Gasteiger partial charge in [-0.2, -0.15) is 13.2 Å². The Labute approximate surface area is 188 Å². The third-order valence-electron chi connectivity index (χ3n) is 5.66. The van der Waals surface area contributed by atoms with Crippen LogP contribution < -0.4 is 5.73 Å². The molecule has 0 saturated carbocycles. The van der Waals surface area contributed by atoms with Gasteiger partial charge in [-0.15, -0.1) is 0 Å². The number of aromatic nitrogens is 2. The van der Waals surface area contributed by atoms with E-state index in [2.05, 4.69) is 9.97 Å². The highest BCUT2D eigenvalue weighted by Crippen LogP contribution is 2.32. The Hall–Kier alpha value is -3.24. The maximum absolute atomic E-state index is 13.5. The molecule has 0 unspecified atom stereocenters. The van der Waals surface area contributed by atoms with Gasteiger partial charge in [0, 0.05) is 29.8 Å². The predicted molar refractivity (Wildman–Crippen MR) is 115 cm³/mol. The number of halogens is 3. The van der Waals surface area contributed by atoms with Crippen LogP contribution in [0.2, 0.25) is 0 Å². The first kappa shape index (κ1) is 22.9. The highest BCUT2D eigenvalue weighted by atomic mass is 19.4. The summed E-state index contributed by atoms with van der Waals surface area (Å²) in [5.74, 6) is 0.116. The number of carbonyl (C=O) groups excluding carboxylic acids is 1. The highest BCUT2D eigenvalue weighted by molar-refractivity contribution is 5.99. The smallest absolute Gasteiger partial charge is 0.383 e. The number of hydrogen-bond acceptors (Lipinski definition) is 6. The molecular weight excluding hydrogens is 437 g/mol. The lowest BCUT2D eigenvalue weighted by molar-refractivity contribution is -0.137. The molecule has 0 spiro atoms. The van der Waals surface area contributed by atoms with Crippen LogP contribution in [-0.2, 0) is 35.4 Å². The van der Waals surface area contributed by atoms with Crippen LogP contribution >= 0.6 is 0 Å². The predicted octanol–water partition coefficient (Wildman–Crippen LogP) is 3.94. The maximum Gasteiger partial charge on any atom is 0.417 e. The second-order valence-electron chi connectivity index (χ2n) is 7.95. The molecule has 2 N–H and O–H groups in total. The van der Waals surface area contributed by atoms with E-state index in [-0.39, 0.29) is 25.1 Å². The lowest BCUT2D eigenvalue weighted by Crippen LogP contribution is -2.40. The van der Waals surface area contributed by atoms with Crippen LogP contribution in [0.1, 0.15) is 39.7 Å². The van der Waals surface area contributed by atoms with Crippen LogP contribution in [-0.4, -0.2) is 40.5 Å². The topological polar surface area (TPSA) is 90.6 Å². The normalized spacial score (nSPS) is 14.3. The second kappa shape index (κ2) is 8.95. The number of carbonyl (C=O) groups is 1. The molecule has 0 saturated heterocycles. The van der Waals surface area contributed by atoms with E-state index < -0.39 is 11.7 Å².